The topological polar surface area (TPSA) is 101 Å². The second-order valence-electron chi connectivity index (χ2n) is 7.12. The highest BCUT2D eigenvalue weighted by atomic mass is 19.1. The Labute approximate surface area is 169 Å². The van der Waals surface area contributed by atoms with E-state index in [4.69, 9.17) is 5.73 Å². The fraction of sp³-hybridized carbons (Fsp3) is 0.318. The Morgan fingerprint density at radius 2 is 1.52 bits per heavy atom. The molecule has 0 aromatic heterocycles. The van der Waals surface area contributed by atoms with Crippen molar-refractivity contribution in [1.29, 1.82) is 0 Å². The van der Waals surface area contributed by atoms with Gasteiger partial charge in [-0.25, -0.2) is 4.39 Å². The maximum absolute atomic E-state index is 13.1. The number of aryl methyl sites for hydroxylation is 2. The van der Waals surface area contributed by atoms with Crippen molar-refractivity contribution in [2.24, 2.45) is 5.73 Å². The first-order valence-corrected chi connectivity index (χ1v) is 9.33. The quantitative estimate of drug-likeness (QED) is 0.630. The molecule has 154 valence electrons. The van der Waals surface area contributed by atoms with Crippen LogP contribution in [0.4, 0.5) is 4.39 Å². The van der Waals surface area contributed by atoms with Gasteiger partial charge in [0, 0.05) is 19.8 Å². The van der Waals surface area contributed by atoms with Crippen LogP contribution in [0.2, 0.25) is 0 Å². The van der Waals surface area contributed by atoms with E-state index >= 15 is 0 Å². The lowest BCUT2D eigenvalue weighted by Gasteiger charge is -2.23. The van der Waals surface area contributed by atoms with E-state index in [0.29, 0.717) is 5.56 Å². The van der Waals surface area contributed by atoms with Gasteiger partial charge in [0.15, 0.2) is 0 Å². The molecule has 2 aromatic rings. The van der Waals surface area contributed by atoms with Crippen LogP contribution in [0, 0.1) is 19.7 Å². The third-order valence-corrected chi connectivity index (χ3v) is 4.76. The molecule has 0 heterocycles. The van der Waals surface area contributed by atoms with Crippen molar-refractivity contribution >= 4 is 17.7 Å². The van der Waals surface area contributed by atoms with E-state index in [1.807, 2.05) is 32.0 Å². The number of hydrogen-bond acceptors (Lipinski definition) is 3. The molecule has 0 radical (unpaired) electrons. The highest BCUT2D eigenvalue weighted by Gasteiger charge is 2.26. The predicted molar refractivity (Wildman–Crippen MR) is 108 cm³/mol. The van der Waals surface area contributed by atoms with Gasteiger partial charge in [-0.2, -0.15) is 0 Å². The number of benzene rings is 2. The number of halogens is 1. The smallest absolute Gasteiger partial charge is 0.243 e. The number of nitrogens with one attached hydrogen (secondary N) is 2. The van der Waals surface area contributed by atoms with Gasteiger partial charge in [0.1, 0.15) is 17.9 Å². The minimum Gasteiger partial charge on any atom is -0.368 e. The molecule has 29 heavy (non-hydrogen) atoms. The van der Waals surface area contributed by atoms with Crippen molar-refractivity contribution in [2.45, 2.75) is 45.7 Å². The van der Waals surface area contributed by atoms with Crippen LogP contribution in [0.3, 0.4) is 0 Å². The number of carbonyl (C=O) groups excluding carboxylic acids is 3. The molecule has 0 spiro atoms. The second kappa shape index (κ2) is 9.82. The Kier molecular flexibility index (Phi) is 7.47. The monoisotopic (exact) mass is 399 g/mol. The van der Waals surface area contributed by atoms with Crippen LogP contribution >= 0.6 is 0 Å². The van der Waals surface area contributed by atoms with Gasteiger partial charge in [-0.1, -0.05) is 30.3 Å². The van der Waals surface area contributed by atoms with Crippen molar-refractivity contribution in [2.75, 3.05) is 0 Å². The molecule has 2 atom stereocenters. The predicted octanol–water partition coefficient (Wildman–Crippen LogP) is 1.70. The number of primary amides is 1. The zero-order valence-electron chi connectivity index (χ0n) is 16.8. The maximum atomic E-state index is 13.1. The van der Waals surface area contributed by atoms with Gasteiger partial charge in [0.2, 0.25) is 17.7 Å². The zero-order chi connectivity index (χ0) is 21.6. The number of nitrogens with two attached hydrogens (primary N) is 1. The average molecular weight is 399 g/mol. The van der Waals surface area contributed by atoms with Crippen molar-refractivity contribution in [3.63, 3.8) is 0 Å². The van der Waals surface area contributed by atoms with Crippen molar-refractivity contribution in [1.82, 2.24) is 10.6 Å². The maximum Gasteiger partial charge on any atom is 0.243 e. The molecule has 2 aromatic carbocycles. The zero-order valence-corrected chi connectivity index (χ0v) is 16.8. The summed E-state index contributed by atoms with van der Waals surface area (Å²) in [7, 11) is 0. The Bertz CT molecular complexity index is 876. The van der Waals surface area contributed by atoms with Gasteiger partial charge < -0.3 is 16.4 Å². The fourth-order valence-corrected chi connectivity index (χ4v) is 3.18. The Balaban J connectivity index is 2.18. The minimum absolute atomic E-state index is 0.153. The van der Waals surface area contributed by atoms with Gasteiger partial charge >= 0.3 is 0 Å². The minimum atomic E-state index is -0.924. The Morgan fingerprint density at radius 3 is 2.03 bits per heavy atom. The first-order chi connectivity index (χ1) is 13.7. The summed E-state index contributed by atoms with van der Waals surface area (Å²) in [6, 6.07) is 9.58. The Morgan fingerprint density at radius 1 is 0.931 bits per heavy atom. The summed E-state index contributed by atoms with van der Waals surface area (Å²) in [5, 5.41) is 5.23. The first kappa shape index (κ1) is 22.1. The molecule has 0 saturated carbocycles. The molecule has 3 amide bonds. The summed E-state index contributed by atoms with van der Waals surface area (Å²) in [5.74, 6) is -1.97. The first-order valence-electron chi connectivity index (χ1n) is 9.33. The molecule has 0 fully saturated rings. The summed E-state index contributed by atoms with van der Waals surface area (Å²) in [6.07, 6.45) is 0.406. The summed E-state index contributed by atoms with van der Waals surface area (Å²) in [4.78, 5) is 36.4. The molecule has 4 N–H and O–H groups in total. The molecular formula is C22H26FN3O3. The average Bonchev–Trinajstić information content (AvgIpc) is 2.64. The van der Waals surface area contributed by atoms with Gasteiger partial charge in [-0.15, -0.1) is 0 Å². The fourth-order valence-electron chi connectivity index (χ4n) is 3.18. The number of carbonyl (C=O) groups is 3. The van der Waals surface area contributed by atoms with Crippen molar-refractivity contribution < 1.29 is 18.8 Å². The molecule has 6 nitrogen and oxygen atoms in total. The molecule has 0 aliphatic carbocycles. The third kappa shape index (κ3) is 6.41. The molecule has 0 aliphatic heterocycles. The van der Waals surface area contributed by atoms with E-state index in [9.17, 15) is 18.8 Å². The van der Waals surface area contributed by atoms with Gasteiger partial charge in [0.25, 0.3) is 0 Å². The normalized spacial score (nSPS) is 12.7. The van der Waals surface area contributed by atoms with Crippen LogP contribution in [0.1, 0.15) is 29.2 Å². The third-order valence-electron chi connectivity index (χ3n) is 4.76. The number of rotatable bonds is 8. The lowest BCUT2D eigenvalue weighted by molar-refractivity contribution is -0.130. The summed E-state index contributed by atoms with van der Waals surface area (Å²) in [6.45, 7) is 5.15. The molecule has 7 heteroatoms. The lowest BCUT2D eigenvalue weighted by atomic mass is 9.95. The molecule has 0 unspecified atom stereocenters. The summed E-state index contributed by atoms with van der Waals surface area (Å²) in [5.41, 5.74) is 9.12. The largest absolute Gasteiger partial charge is 0.368 e. The standard InChI is InChI=1S/C22H26FN3O3/c1-13-5-4-6-14(2)18(13)12-19(21(24)28)26-22(29)20(25-15(3)27)11-16-7-9-17(23)10-8-16/h4-10,19-20H,11-12H2,1-3H3,(H2,24,28)(H,25,27)(H,26,29)/t19-,20+/m1/s1. The van der Waals surface area contributed by atoms with E-state index in [2.05, 4.69) is 10.6 Å². The van der Waals surface area contributed by atoms with Gasteiger partial charge in [0.05, 0.1) is 0 Å². The number of hydrogen-bond donors (Lipinski definition) is 3. The molecular weight excluding hydrogens is 373 g/mol. The van der Waals surface area contributed by atoms with Crippen LogP contribution < -0.4 is 16.4 Å². The molecule has 0 aliphatic rings. The van der Waals surface area contributed by atoms with E-state index in [1.54, 1.807) is 12.1 Å². The summed E-state index contributed by atoms with van der Waals surface area (Å²) >= 11 is 0. The second-order valence-corrected chi connectivity index (χ2v) is 7.12. The molecule has 0 bridgehead atoms. The molecule has 0 saturated heterocycles. The van der Waals surface area contributed by atoms with Crippen LogP contribution in [0.5, 0.6) is 0 Å². The van der Waals surface area contributed by atoms with Crippen molar-refractivity contribution in [3.05, 3.63) is 70.5 Å². The summed E-state index contributed by atoms with van der Waals surface area (Å²) < 4.78 is 13.1. The van der Waals surface area contributed by atoms with E-state index < -0.39 is 35.6 Å². The SMILES string of the molecule is CC(=O)N[C@@H](Cc1ccc(F)cc1)C(=O)N[C@H](Cc1c(C)cccc1C)C(N)=O. The molecule has 2 rings (SSSR count). The Hall–Kier alpha value is -3.22. The van der Waals surface area contributed by atoms with Gasteiger partial charge in [-0.3, -0.25) is 14.4 Å². The van der Waals surface area contributed by atoms with Crippen molar-refractivity contribution in [3.8, 4) is 0 Å². The van der Waals surface area contributed by atoms with E-state index in [-0.39, 0.29) is 12.8 Å². The van der Waals surface area contributed by atoms with E-state index in [1.165, 1.54) is 19.1 Å². The van der Waals surface area contributed by atoms with Crippen LogP contribution in [0.15, 0.2) is 42.5 Å². The highest BCUT2D eigenvalue weighted by molar-refractivity contribution is 5.91. The lowest BCUT2D eigenvalue weighted by Crippen LogP contribution is -2.54. The van der Waals surface area contributed by atoms with E-state index in [0.717, 1.165) is 16.7 Å². The van der Waals surface area contributed by atoms with Crippen LogP contribution in [-0.4, -0.2) is 29.8 Å². The highest BCUT2D eigenvalue weighted by Crippen LogP contribution is 2.16. The van der Waals surface area contributed by atoms with Crippen LogP contribution in [-0.2, 0) is 27.2 Å². The van der Waals surface area contributed by atoms with Crippen LogP contribution in [0.25, 0.3) is 0 Å². The van der Waals surface area contributed by atoms with Gasteiger partial charge in [-0.05, 0) is 48.2 Å². The number of amides is 3.